The molecule has 0 spiro atoms. The zero-order valence-corrected chi connectivity index (χ0v) is 22.6. The molecule has 8 heteroatoms. The van der Waals surface area contributed by atoms with Gasteiger partial charge in [-0.15, -0.1) is 0 Å². The summed E-state index contributed by atoms with van der Waals surface area (Å²) in [5.74, 6) is -0.435. The van der Waals surface area contributed by atoms with Gasteiger partial charge in [-0.1, -0.05) is 39.0 Å². The second kappa shape index (κ2) is 11.3. The average Bonchev–Trinajstić information content (AvgIpc) is 3.41. The van der Waals surface area contributed by atoms with Gasteiger partial charge in [0.1, 0.15) is 23.4 Å². The van der Waals surface area contributed by atoms with Crippen molar-refractivity contribution < 1.29 is 24.2 Å². The van der Waals surface area contributed by atoms with Crippen LogP contribution in [0.5, 0.6) is 5.75 Å². The van der Waals surface area contributed by atoms with E-state index in [2.05, 4.69) is 10.6 Å². The van der Waals surface area contributed by atoms with Gasteiger partial charge in [0.15, 0.2) is 0 Å². The summed E-state index contributed by atoms with van der Waals surface area (Å²) in [5.41, 5.74) is 0.274. The zero-order valence-electron chi connectivity index (χ0n) is 22.6. The number of rotatable bonds is 9. The van der Waals surface area contributed by atoms with Gasteiger partial charge in [0, 0.05) is 17.6 Å². The molecule has 1 aliphatic rings. The average molecular weight is 490 g/mol. The third kappa shape index (κ3) is 7.87. The first-order valence-corrected chi connectivity index (χ1v) is 12.5. The van der Waals surface area contributed by atoms with Crippen LogP contribution < -0.4 is 10.6 Å². The van der Waals surface area contributed by atoms with Crippen molar-refractivity contribution in [2.24, 2.45) is 11.8 Å². The van der Waals surface area contributed by atoms with Gasteiger partial charge in [-0.3, -0.25) is 9.59 Å². The van der Waals surface area contributed by atoms with Crippen molar-refractivity contribution in [1.29, 1.82) is 0 Å². The molecule has 0 bridgehead atoms. The number of alkyl carbamates (subject to hydrolysis) is 1. The van der Waals surface area contributed by atoms with E-state index in [9.17, 15) is 19.5 Å². The second-order valence-electron chi connectivity index (χ2n) is 11.4. The van der Waals surface area contributed by atoms with E-state index in [0.717, 1.165) is 6.42 Å². The SMILES string of the molecule is Cc1cccc(C(C(=O)NC(C)C)N(C(=O)C(CC(C)C)NC(=O)OC(C)(C)C)C2CC2C)c1O. The molecule has 1 fully saturated rings. The number of carbonyl (C=O) groups is 3. The predicted molar refractivity (Wildman–Crippen MR) is 136 cm³/mol. The summed E-state index contributed by atoms with van der Waals surface area (Å²) >= 11 is 0. The van der Waals surface area contributed by atoms with Crippen molar-refractivity contribution in [3.05, 3.63) is 29.3 Å². The lowest BCUT2D eigenvalue weighted by Crippen LogP contribution is -2.54. The molecule has 1 aromatic carbocycles. The largest absolute Gasteiger partial charge is 0.507 e. The van der Waals surface area contributed by atoms with E-state index in [4.69, 9.17) is 4.74 Å². The Kier molecular flexibility index (Phi) is 9.20. The number of nitrogens with one attached hydrogen (secondary N) is 2. The van der Waals surface area contributed by atoms with E-state index >= 15 is 0 Å². The number of nitrogens with zero attached hydrogens (tertiary/aromatic N) is 1. The van der Waals surface area contributed by atoms with Crippen LogP contribution in [0.2, 0.25) is 0 Å². The summed E-state index contributed by atoms with van der Waals surface area (Å²) in [6.45, 7) is 16.7. The highest BCUT2D eigenvalue weighted by Crippen LogP contribution is 2.43. The summed E-state index contributed by atoms with van der Waals surface area (Å²) in [4.78, 5) is 41.8. The topological polar surface area (TPSA) is 108 Å². The lowest BCUT2D eigenvalue weighted by Gasteiger charge is -2.36. The number of hydrogen-bond acceptors (Lipinski definition) is 5. The third-order valence-corrected chi connectivity index (χ3v) is 5.90. The van der Waals surface area contributed by atoms with Crippen molar-refractivity contribution in [1.82, 2.24) is 15.5 Å². The van der Waals surface area contributed by atoms with Crippen LogP contribution in [-0.4, -0.2) is 51.6 Å². The molecule has 0 aliphatic heterocycles. The minimum absolute atomic E-state index is 0.0111. The first-order chi connectivity index (χ1) is 16.1. The molecule has 35 heavy (non-hydrogen) atoms. The number of aryl methyl sites for hydroxylation is 1. The van der Waals surface area contributed by atoms with E-state index < -0.39 is 23.8 Å². The van der Waals surface area contributed by atoms with Gasteiger partial charge < -0.3 is 25.4 Å². The monoisotopic (exact) mass is 489 g/mol. The Morgan fingerprint density at radius 1 is 1.14 bits per heavy atom. The Morgan fingerprint density at radius 2 is 1.74 bits per heavy atom. The molecule has 196 valence electrons. The van der Waals surface area contributed by atoms with Gasteiger partial charge in [-0.25, -0.2) is 4.79 Å². The van der Waals surface area contributed by atoms with Gasteiger partial charge >= 0.3 is 6.09 Å². The fraction of sp³-hybridized carbons (Fsp3) is 0.667. The van der Waals surface area contributed by atoms with Crippen LogP contribution in [0.1, 0.15) is 85.4 Å². The Balaban J connectivity index is 2.54. The first-order valence-electron chi connectivity index (χ1n) is 12.5. The fourth-order valence-corrected chi connectivity index (χ4v) is 4.18. The van der Waals surface area contributed by atoms with Crippen LogP contribution in [0.3, 0.4) is 0 Å². The molecule has 2 rings (SSSR count). The van der Waals surface area contributed by atoms with Gasteiger partial charge in [0.25, 0.3) is 0 Å². The highest BCUT2D eigenvalue weighted by molar-refractivity contribution is 5.93. The highest BCUT2D eigenvalue weighted by atomic mass is 16.6. The van der Waals surface area contributed by atoms with E-state index in [0.29, 0.717) is 17.5 Å². The van der Waals surface area contributed by atoms with Crippen LogP contribution in [0.25, 0.3) is 0 Å². The number of phenols is 1. The number of carbonyl (C=O) groups excluding carboxylic acids is 3. The standard InChI is InChI=1S/C27H43N3O5/c1-15(2)13-20(29-26(34)35-27(7,8)9)25(33)30(21-14-18(21)6)22(24(32)28-16(3)4)19-12-10-11-17(5)23(19)31/h10-12,15-16,18,20-22,31H,13-14H2,1-9H3,(H,28,32)(H,29,34). The van der Waals surface area contributed by atoms with E-state index in [1.165, 1.54) is 0 Å². The molecule has 4 unspecified atom stereocenters. The third-order valence-electron chi connectivity index (χ3n) is 5.90. The number of amides is 3. The van der Waals surface area contributed by atoms with E-state index in [1.807, 2.05) is 34.6 Å². The summed E-state index contributed by atoms with van der Waals surface area (Å²) < 4.78 is 5.42. The lowest BCUT2D eigenvalue weighted by molar-refractivity contribution is -0.144. The molecule has 0 aromatic heterocycles. The summed E-state index contributed by atoms with van der Waals surface area (Å²) in [5, 5.41) is 16.6. The fourth-order valence-electron chi connectivity index (χ4n) is 4.18. The summed E-state index contributed by atoms with van der Waals surface area (Å²) in [7, 11) is 0. The number of hydrogen-bond donors (Lipinski definition) is 3. The van der Waals surface area contributed by atoms with Gasteiger partial charge in [-0.05, 0) is 71.8 Å². The molecule has 3 amide bonds. The minimum Gasteiger partial charge on any atom is -0.507 e. The van der Waals surface area contributed by atoms with Crippen LogP contribution >= 0.6 is 0 Å². The molecule has 3 N–H and O–H groups in total. The molecule has 8 nitrogen and oxygen atoms in total. The number of phenolic OH excluding ortho intramolecular Hbond substituents is 1. The second-order valence-corrected chi connectivity index (χ2v) is 11.4. The molecular formula is C27H43N3O5. The molecule has 4 atom stereocenters. The zero-order chi connectivity index (χ0) is 26.7. The van der Waals surface area contributed by atoms with Crippen LogP contribution in [0.4, 0.5) is 4.79 Å². The molecule has 0 saturated heterocycles. The highest BCUT2D eigenvalue weighted by Gasteiger charge is 2.49. The molecule has 1 aromatic rings. The summed E-state index contributed by atoms with van der Waals surface area (Å²) in [6, 6.07) is 2.96. The Bertz CT molecular complexity index is 922. The van der Waals surface area contributed by atoms with Crippen molar-refractivity contribution in [2.45, 2.75) is 105 Å². The van der Waals surface area contributed by atoms with Crippen LogP contribution in [0, 0.1) is 18.8 Å². The van der Waals surface area contributed by atoms with Crippen LogP contribution in [-0.2, 0) is 14.3 Å². The number of benzene rings is 1. The van der Waals surface area contributed by atoms with E-state index in [1.54, 1.807) is 50.8 Å². The molecule has 1 saturated carbocycles. The van der Waals surface area contributed by atoms with Gasteiger partial charge in [-0.2, -0.15) is 0 Å². The van der Waals surface area contributed by atoms with Crippen molar-refractivity contribution >= 4 is 17.9 Å². The van der Waals surface area contributed by atoms with E-state index in [-0.39, 0.29) is 41.5 Å². The molecule has 0 heterocycles. The maximum Gasteiger partial charge on any atom is 0.408 e. The summed E-state index contributed by atoms with van der Waals surface area (Å²) in [6.07, 6.45) is 0.445. The van der Waals surface area contributed by atoms with Crippen molar-refractivity contribution in [3.63, 3.8) is 0 Å². The van der Waals surface area contributed by atoms with Crippen LogP contribution in [0.15, 0.2) is 18.2 Å². The molecule has 0 radical (unpaired) electrons. The normalized spacial score (nSPS) is 19.2. The predicted octanol–water partition coefficient (Wildman–Crippen LogP) is 4.44. The Morgan fingerprint density at radius 3 is 2.23 bits per heavy atom. The number of para-hydroxylation sites is 1. The van der Waals surface area contributed by atoms with Gasteiger partial charge in [0.2, 0.25) is 11.8 Å². The maximum atomic E-state index is 14.1. The van der Waals surface area contributed by atoms with Crippen molar-refractivity contribution in [3.8, 4) is 5.75 Å². The Hall–Kier alpha value is -2.77. The lowest BCUT2D eigenvalue weighted by atomic mass is 9.97. The molecular weight excluding hydrogens is 446 g/mol. The maximum absolute atomic E-state index is 14.1. The quantitative estimate of drug-likeness (QED) is 0.475. The molecule has 1 aliphatic carbocycles. The Labute approximate surface area is 209 Å². The number of aromatic hydroxyl groups is 1. The first kappa shape index (κ1) is 28.5. The van der Waals surface area contributed by atoms with Crippen molar-refractivity contribution in [2.75, 3.05) is 0 Å². The van der Waals surface area contributed by atoms with Gasteiger partial charge in [0.05, 0.1) is 0 Å². The number of ether oxygens (including phenoxy) is 1. The smallest absolute Gasteiger partial charge is 0.408 e. The minimum atomic E-state index is -1.03.